The van der Waals surface area contributed by atoms with E-state index in [9.17, 15) is 4.79 Å². The maximum absolute atomic E-state index is 10.7. The summed E-state index contributed by atoms with van der Waals surface area (Å²) in [7, 11) is 0. The zero-order valence-corrected chi connectivity index (χ0v) is 11.9. The van der Waals surface area contributed by atoms with Crippen LogP contribution >= 0.6 is 11.6 Å². The number of rotatable bonds is 5. The van der Waals surface area contributed by atoms with Crippen molar-refractivity contribution in [2.75, 3.05) is 0 Å². The summed E-state index contributed by atoms with van der Waals surface area (Å²) in [5.41, 5.74) is 3.22. The zero-order valence-electron chi connectivity index (χ0n) is 11.2. The lowest BCUT2D eigenvalue weighted by Gasteiger charge is -2.07. The number of carbonyl (C=O) groups is 1. The van der Waals surface area contributed by atoms with Crippen molar-refractivity contribution in [1.29, 1.82) is 0 Å². The van der Waals surface area contributed by atoms with Gasteiger partial charge in [0.25, 0.3) is 0 Å². The van der Waals surface area contributed by atoms with Crippen LogP contribution in [-0.2, 0) is 11.4 Å². The molecule has 3 heteroatoms. The molecule has 0 unspecified atom stereocenters. The van der Waals surface area contributed by atoms with Gasteiger partial charge in [-0.3, -0.25) is 4.79 Å². The third kappa shape index (κ3) is 4.56. The minimum absolute atomic E-state index is 0.490. The van der Waals surface area contributed by atoms with Crippen LogP contribution in [0.15, 0.2) is 54.6 Å². The first-order valence-electron chi connectivity index (χ1n) is 6.29. The van der Waals surface area contributed by atoms with Gasteiger partial charge in [0.05, 0.1) is 0 Å². The lowest BCUT2D eigenvalue weighted by atomic mass is 10.1. The molecular formula is C17H15ClO2. The van der Waals surface area contributed by atoms with E-state index in [0.717, 1.165) is 16.9 Å². The fourth-order valence-electron chi connectivity index (χ4n) is 1.72. The molecule has 2 aromatic rings. The molecule has 0 heterocycles. The van der Waals surface area contributed by atoms with Crippen molar-refractivity contribution in [2.45, 2.75) is 13.5 Å². The Labute approximate surface area is 123 Å². The Kier molecular flexibility index (Phi) is 4.97. The SMILES string of the molecule is Cc1ccc(COc2cccc(/C=C/C(=O)Cl)c2)cc1. The van der Waals surface area contributed by atoms with Gasteiger partial charge >= 0.3 is 0 Å². The Morgan fingerprint density at radius 3 is 2.65 bits per heavy atom. The van der Waals surface area contributed by atoms with E-state index >= 15 is 0 Å². The molecule has 2 nitrogen and oxygen atoms in total. The third-order valence-electron chi connectivity index (χ3n) is 2.79. The Bertz CT molecular complexity index is 615. The lowest BCUT2D eigenvalue weighted by Crippen LogP contribution is -1.95. The van der Waals surface area contributed by atoms with Gasteiger partial charge in [0, 0.05) is 0 Å². The molecule has 0 bridgehead atoms. The van der Waals surface area contributed by atoms with E-state index in [-0.39, 0.29) is 0 Å². The second-order valence-electron chi connectivity index (χ2n) is 4.48. The highest BCUT2D eigenvalue weighted by molar-refractivity contribution is 6.66. The molecule has 0 spiro atoms. The van der Waals surface area contributed by atoms with Crippen molar-refractivity contribution < 1.29 is 9.53 Å². The van der Waals surface area contributed by atoms with E-state index in [1.54, 1.807) is 6.08 Å². The highest BCUT2D eigenvalue weighted by Crippen LogP contribution is 2.16. The van der Waals surface area contributed by atoms with Crippen molar-refractivity contribution in [3.8, 4) is 5.75 Å². The first-order chi connectivity index (χ1) is 9.63. The standard InChI is InChI=1S/C17H15ClO2/c1-13-5-7-15(8-6-13)12-20-16-4-2-3-14(11-16)9-10-17(18)19/h2-11H,12H2,1H3/b10-9+. The van der Waals surface area contributed by atoms with Gasteiger partial charge in [0.2, 0.25) is 5.24 Å². The molecule has 0 aliphatic carbocycles. The molecule has 0 N–H and O–H groups in total. The first kappa shape index (κ1) is 14.4. The Morgan fingerprint density at radius 1 is 1.20 bits per heavy atom. The molecule has 0 aliphatic rings. The first-order valence-corrected chi connectivity index (χ1v) is 6.67. The summed E-state index contributed by atoms with van der Waals surface area (Å²) in [6, 6.07) is 15.7. The van der Waals surface area contributed by atoms with Crippen LogP contribution in [0.25, 0.3) is 6.08 Å². The van der Waals surface area contributed by atoms with Gasteiger partial charge in [0.1, 0.15) is 12.4 Å². The molecule has 0 saturated carbocycles. The van der Waals surface area contributed by atoms with E-state index in [1.807, 2.05) is 36.4 Å². The fraction of sp³-hybridized carbons (Fsp3) is 0.118. The van der Waals surface area contributed by atoms with Crippen LogP contribution in [0.1, 0.15) is 16.7 Å². The number of hydrogen-bond donors (Lipinski definition) is 0. The van der Waals surface area contributed by atoms with Crippen LogP contribution in [0.4, 0.5) is 0 Å². The fourth-order valence-corrected chi connectivity index (χ4v) is 1.78. The number of allylic oxidation sites excluding steroid dienone is 1. The van der Waals surface area contributed by atoms with E-state index in [4.69, 9.17) is 16.3 Å². The van der Waals surface area contributed by atoms with Gasteiger partial charge in [-0.2, -0.15) is 0 Å². The number of halogens is 1. The van der Waals surface area contributed by atoms with Crippen LogP contribution in [0.2, 0.25) is 0 Å². The molecule has 0 atom stereocenters. The normalized spacial score (nSPS) is 10.7. The molecule has 2 rings (SSSR count). The minimum Gasteiger partial charge on any atom is -0.489 e. The van der Waals surface area contributed by atoms with Gasteiger partial charge < -0.3 is 4.74 Å². The molecule has 2 aromatic carbocycles. The van der Waals surface area contributed by atoms with Crippen molar-refractivity contribution in [2.24, 2.45) is 0 Å². The monoisotopic (exact) mass is 286 g/mol. The smallest absolute Gasteiger partial charge is 0.245 e. The maximum Gasteiger partial charge on any atom is 0.245 e. The largest absolute Gasteiger partial charge is 0.489 e. The van der Waals surface area contributed by atoms with Crippen LogP contribution in [0, 0.1) is 6.92 Å². The number of benzene rings is 2. The summed E-state index contributed by atoms with van der Waals surface area (Å²) >= 11 is 5.26. The Balaban J connectivity index is 2.01. The summed E-state index contributed by atoms with van der Waals surface area (Å²) < 4.78 is 5.73. The second kappa shape index (κ2) is 6.92. The Morgan fingerprint density at radius 2 is 1.95 bits per heavy atom. The van der Waals surface area contributed by atoms with Crippen molar-refractivity contribution in [3.63, 3.8) is 0 Å². The maximum atomic E-state index is 10.7. The number of ether oxygens (including phenoxy) is 1. The van der Waals surface area contributed by atoms with Crippen molar-refractivity contribution in [1.82, 2.24) is 0 Å². The van der Waals surface area contributed by atoms with Gasteiger partial charge in [-0.15, -0.1) is 0 Å². The second-order valence-corrected chi connectivity index (χ2v) is 4.86. The van der Waals surface area contributed by atoms with Gasteiger partial charge in [-0.1, -0.05) is 48.0 Å². The highest BCUT2D eigenvalue weighted by atomic mass is 35.5. The molecule has 0 saturated heterocycles. The zero-order chi connectivity index (χ0) is 14.4. The molecule has 0 fully saturated rings. The van der Waals surface area contributed by atoms with Crippen LogP contribution < -0.4 is 4.74 Å². The lowest BCUT2D eigenvalue weighted by molar-refractivity contribution is -0.107. The summed E-state index contributed by atoms with van der Waals surface area (Å²) in [6.07, 6.45) is 2.98. The highest BCUT2D eigenvalue weighted by Gasteiger charge is 1.97. The molecule has 0 amide bonds. The molecule has 20 heavy (non-hydrogen) atoms. The molecule has 0 aromatic heterocycles. The Hall–Kier alpha value is -2.06. The molecule has 0 aliphatic heterocycles. The van der Waals surface area contributed by atoms with Crippen molar-refractivity contribution >= 4 is 22.9 Å². The average Bonchev–Trinajstić information content (AvgIpc) is 2.45. The van der Waals surface area contributed by atoms with E-state index < -0.39 is 5.24 Å². The number of carbonyl (C=O) groups excluding carboxylic acids is 1. The van der Waals surface area contributed by atoms with E-state index in [2.05, 4.69) is 19.1 Å². The topological polar surface area (TPSA) is 26.3 Å². The van der Waals surface area contributed by atoms with Gasteiger partial charge in [0.15, 0.2) is 0 Å². The van der Waals surface area contributed by atoms with E-state index in [1.165, 1.54) is 11.6 Å². The van der Waals surface area contributed by atoms with E-state index in [0.29, 0.717) is 6.61 Å². The van der Waals surface area contributed by atoms with Crippen LogP contribution in [0.3, 0.4) is 0 Å². The predicted octanol–water partition coefficient (Wildman–Crippen LogP) is 4.35. The summed E-state index contributed by atoms with van der Waals surface area (Å²) in [5.74, 6) is 0.759. The molecule has 0 radical (unpaired) electrons. The van der Waals surface area contributed by atoms with Gasteiger partial charge in [-0.05, 0) is 47.9 Å². The van der Waals surface area contributed by atoms with Crippen LogP contribution in [0.5, 0.6) is 5.75 Å². The summed E-state index contributed by atoms with van der Waals surface area (Å²) in [5, 5.41) is -0.490. The molecular weight excluding hydrogens is 272 g/mol. The predicted molar refractivity (Wildman–Crippen MR) is 81.8 cm³/mol. The minimum atomic E-state index is -0.490. The number of aryl methyl sites for hydroxylation is 1. The average molecular weight is 287 g/mol. The summed E-state index contributed by atoms with van der Waals surface area (Å²) in [4.78, 5) is 10.7. The number of hydrogen-bond acceptors (Lipinski definition) is 2. The third-order valence-corrected chi connectivity index (χ3v) is 2.92. The summed E-state index contributed by atoms with van der Waals surface area (Å²) in [6.45, 7) is 2.57. The quantitative estimate of drug-likeness (QED) is 0.603. The van der Waals surface area contributed by atoms with Gasteiger partial charge in [-0.25, -0.2) is 0 Å². The van der Waals surface area contributed by atoms with Crippen molar-refractivity contribution in [3.05, 3.63) is 71.3 Å². The van der Waals surface area contributed by atoms with Crippen LogP contribution in [-0.4, -0.2) is 5.24 Å². The molecule has 102 valence electrons.